The molecule has 0 amide bonds. The van der Waals surface area contributed by atoms with Gasteiger partial charge in [-0.1, -0.05) is 0 Å². The number of benzene rings is 1. The first-order chi connectivity index (χ1) is 15.2. The van der Waals surface area contributed by atoms with E-state index in [1.807, 2.05) is 12.3 Å². The minimum Gasteiger partial charge on any atom is -0.497 e. The molecule has 7 nitrogen and oxygen atoms in total. The van der Waals surface area contributed by atoms with E-state index in [1.165, 1.54) is 22.3 Å². The topological polar surface area (TPSA) is 76.1 Å². The summed E-state index contributed by atoms with van der Waals surface area (Å²) in [5.41, 5.74) is 6.04. The van der Waals surface area contributed by atoms with Gasteiger partial charge in [0.05, 0.1) is 26.5 Å². The van der Waals surface area contributed by atoms with Crippen LogP contribution in [0.1, 0.15) is 41.1 Å². The number of piperidine rings is 1. The molecule has 0 atom stereocenters. The van der Waals surface area contributed by atoms with E-state index < -0.39 is 0 Å². The van der Waals surface area contributed by atoms with Crippen LogP contribution < -0.4 is 20.1 Å². The highest BCUT2D eigenvalue weighted by molar-refractivity contribution is 5.90. The molecule has 3 aromatic rings. The van der Waals surface area contributed by atoms with Gasteiger partial charge in [-0.3, -0.25) is 4.68 Å². The van der Waals surface area contributed by atoms with Gasteiger partial charge in [-0.15, -0.1) is 0 Å². The number of nitrogens with one attached hydrogen (secondary N) is 3. The lowest BCUT2D eigenvalue weighted by atomic mass is 9.98. The van der Waals surface area contributed by atoms with E-state index in [1.54, 1.807) is 14.2 Å². The number of hydrogen-bond donors (Lipinski definition) is 3. The third-order valence-corrected chi connectivity index (χ3v) is 6.24. The molecule has 0 saturated carbocycles. The lowest BCUT2D eigenvalue weighted by Gasteiger charge is -2.22. The van der Waals surface area contributed by atoms with Crippen molar-refractivity contribution in [2.45, 2.75) is 25.3 Å². The molecule has 2 aromatic heterocycles. The molecule has 0 spiro atoms. The second-order valence-electron chi connectivity index (χ2n) is 8.21. The summed E-state index contributed by atoms with van der Waals surface area (Å²) in [5, 5.41) is 11.6. The number of aromatic nitrogens is 3. The van der Waals surface area contributed by atoms with Crippen molar-refractivity contribution in [2.75, 3.05) is 39.2 Å². The Morgan fingerprint density at radius 2 is 1.87 bits per heavy atom. The molecule has 162 valence electrons. The van der Waals surface area contributed by atoms with Gasteiger partial charge < -0.3 is 25.1 Å². The monoisotopic (exact) mass is 419 g/mol. The predicted molar refractivity (Wildman–Crippen MR) is 123 cm³/mol. The van der Waals surface area contributed by atoms with Crippen LogP contribution in [0.2, 0.25) is 0 Å². The number of aromatic amines is 1. The molecule has 31 heavy (non-hydrogen) atoms. The van der Waals surface area contributed by atoms with Crippen molar-refractivity contribution in [3.8, 4) is 11.5 Å². The first kappa shape index (κ1) is 19.8. The number of H-pyrrole nitrogens is 1. The van der Waals surface area contributed by atoms with Crippen LogP contribution >= 0.6 is 0 Å². The fourth-order valence-corrected chi connectivity index (χ4v) is 4.49. The molecule has 1 saturated heterocycles. The SMILES string of the molecule is COc1cc(Cc2c[nH]c3c2C=C(c2cnn(C4CCNCC4)c2)CN3)cc(OC)c1. The number of anilines is 1. The number of ether oxygens (including phenoxy) is 2. The van der Waals surface area contributed by atoms with Crippen molar-refractivity contribution in [2.24, 2.45) is 0 Å². The third kappa shape index (κ3) is 4.05. The Labute approximate surface area is 182 Å². The standard InChI is InChI=1S/C24H29N5O2/c1-30-21-8-16(9-22(11-21)31-2)7-18-13-27-24-23(18)10-17(12-26-24)19-14-28-29(15-19)20-3-5-25-6-4-20/h8-11,13-15,20,25-27H,3-7,12H2,1-2H3. The minimum atomic E-state index is 0.494. The van der Waals surface area contributed by atoms with Gasteiger partial charge in [0, 0.05) is 36.1 Å². The molecule has 0 bridgehead atoms. The Kier molecular flexibility index (Phi) is 5.42. The van der Waals surface area contributed by atoms with Crippen LogP contribution in [-0.2, 0) is 6.42 Å². The highest BCUT2D eigenvalue weighted by atomic mass is 16.5. The van der Waals surface area contributed by atoms with Crippen LogP contribution in [0, 0.1) is 0 Å². The van der Waals surface area contributed by atoms with Gasteiger partial charge >= 0.3 is 0 Å². The Balaban J connectivity index is 1.40. The van der Waals surface area contributed by atoms with Crippen LogP contribution in [0.3, 0.4) is 0 Å². The zero-order chi connectivity index (χ0) is 21.2. The molecule has 1 fully saturated rings. The number of fused-ring (bicyclic) bond motifs is 1. The van der Waals surface area contributed by atoms with E-state index in [9.17, 15) is 0 Å². The fourth-order valence-electron chi connectivity index (χ4n) is 4.49. The van der Waals surface area contributed by atoms with Crippen molar-refractivity contribution >= 4 is 17.5 Å². The number of nitrogens with zero attached hydrogens (tertiary/aromatic N) is 2. The van der Waals surface area contributed by atoms with Crippen molar-refractivity contribution < 1.29 is 9.47 Å². The average molecular weight is 420 g/mol. The molecule has 7 heteroatoms. The molecule has 5 rings (SSSR count). The molecule has 2 aliphatic heterocycles. The summed E-state index contributed by atoms with van der Waals surface area (Å²) in [6.07, 6.45) is 11.6. The number of rotatable bonds is 6. The highest BCUT2D eigenvalue weighted by Crippen LogP contribution is 2.33. The van der Waals surface area contributed by atoms with E-state index >= 15 is 0 Å². The van der Waals surface area contributed by atoms with E-state index in [0.717, 1.165) is 61.8 Å². The molecule has 0 aliphatic carbocycles. The molecule has 1 aromatic carbocycles. The van der Waals surface area contributed by atoms with Crippen LogP contribution in [0.15, 0.2) is 36.8 Å². The first-order valence-electron chi connectivity index (χ1n) is 10.9. The van der Waals surface area contributed by atoms with Crippen LogP contribution in [0.5, 0.6) is 11.5 Å². The number of hydrogen-bond acceptors (Lipinski definition) is 5. The van der Waals surface area contributed by atoms with E-state index in [4.69, 9.17) is 9.47 Å². The second kappa shape index (κ2) is 8.51. The van der Waals surface area contributed by atoms with Crippen LogP contribution in [0.4, 0.5) is 5.82 Å². The first-order valence-corrected chi connectivity index (χ1v) is 10.9. The Hall–Kier alpha value is -3.19. The fraction of sp³-hybridized carbons (Fsp3) is 0.375. The summed E-state index contributed by atoms with van der Waals surface area (Å²) in [6, 6.07) is 6.52. The van der Waals surface area contributed by atoms with Gasteiger partial charge in [0.15, 0.2) is 0 Å². The Bertz CT molecular complexity index is 1070. The van der Waals surface area contributed by atoms with Gasteiger partial charge in [0.25, 0.3) is 0 Å². The minimum absolute atomic E-state index is 0.494. The molecular formula is C24H29N5O2. The summed E-state index contributed by atoms with van der Waals surface area (Å²) >= 11 is 0. The normalized spacial score (nSPS) is 16.4. The molecule has 3 N–H and O–H groups in total. The average Bonchev–Trinajstić information content (AvgIpc) is 3.47. The maximum atomic E-state index is 5.43. The second-order valence-corrected chi connectivity index (χ2v) is 8.21. The van der Waals surface area contributed by atoms with Gasteiger partial charge in [0.2, 0.25) is 0 Å². The quantitative estimate of drug-likeness (QED) is 0.568. The van der Waals surface area contributed by atoms with Crippen molar-refractivity contribution in [3.63, 3.8) is 0 Å². The summed E-state index contributed by atoms with van der Waals surface area (Å²) in [4.78, 5) is 3.39. The Morgan fingerprint density at radius 3 is 2.61 bits per heavy atom. The molecule has 0 radical (unpaired) electrons. The zero-order valence-electron chi connectivity index (χ0n) is 18.1. The zero-order valence-corrected chi connectivity index (χ0v) is 18.1. The van der Waals surface area contributed by atoms with E-state index in [0.29, 0.717) is 6.04 Å². The van der Waals surface area contributed by atoms with Crippen LogP contribution in [-0.4, -0.2) is 48.6 Å². The highest BCUT2D eigenvalue weighted by Gasteiger charge is 2.20. The smallest absolute Gasteiger partial charge is 0.122 e. The molecule has 0 unspecified atom stereocenters. The van der Waals surface area contributed by atoms with Gasteiger partial charge in [-0.2, -0.15) is 5.10 Å². The summed E-state index contributed by atoms with van der Waals surface area (Å²) in [6.45, 7) is 2.92. The van der Waals surface area contributed by atoms with Gasteiger partial charge in [-0.05, 0) is 67.3 Å². The van der Waals surface area contributed by atoms with E-state index in [2.05, 4.69) is 56.0 Å². The third-order valence-electron chi connectivity index (χ3n) is 6.24. The summed E-state index contributed by atoms with van der Waals surface area (Å²) in [5.74, 6) is 2.68. The molecule has 4 heterocycles. The number of methoxy groups -OCH3 is 2. The van der Waals surface area contributed by atoms with Crippen molar-refractivity contribution in [1.82, 2.24) is 20.1 Å². The lowest BCUT2D eigenvalue weighted by molar-refractivity contribution is 0.343. The molecule has 2 aliphatic rings. The Morgan fingerprint density at radius 1 is 1.10 bits per heavy atom. The van der Waals surface area contributed by atoms with Gasteiger partial charge in [0.1, 0.15) is 17.3 Å². The maximum absolute atomic E-state index is 5.43. The predicted octanol–water partition coefficient (Wildman–Crippen LogP) is 3.71. The van der Waals surface area contributed by atoms with E-state index in [-0.39, 0.29) is 0 Å². The van der Waals surface area contributed by atoms with Crippen LogP contribution in [0.25, 0.3) is 11.6 Å². The summed E-state index contributed by atoms with van der Waals surface area (Å²) < 4.78 is 13.0. The maximum Gasteiger partial charge on any atom is 0.122 e. The molecular weight excluding hydrogens is 390 g/mol. The van der Waals surface area contributed by atoms with Crippen molar-refractivity contribution in [1.29, 1.82) is 0 Å². The van der Waals surface area contributed by atoms with Gasteiger partial charge in [-0.25, -0.2) is 0 Å². The summed E-state index contributed by atoms with van der Waals surface area (Å²) in [7, 11) is 3.36. The van der Waals surface area contributed by atoms with Crippen molar-refractivity contribution in [3.05, 3.63) is 59.0 Å². The lowest BCUT2D eigenvalue weighted by Crippen LogP contribution is -2.29. The largest absolute Gasteiger partial charge is 0.497 e.